The highest BCUT2D eigenvalue weighted by Gasteiger charge is 2.68. The SMILES string of the molecule is COc1cccc(O)c1C1C2=CCC3C(=O)N(c4ccccc4)C(=O)C3C2CC2C(=O)N(c3cc(-c4sc5ccc(Cl)cc5c4C)nn3C)C(=O)C21C. The number of para-hydroxylation sites is 1. The summed E-state index contributed by atoms with van der Waals surface area (Å²) in [6, 6.07) is 21.3. The Morgan fingerprint density at radius 2 is 1.72 bits per heavy atom. The van der Waals surface area contributed by atoms with Gasteiger partial charge in [0.1, 0.15) is 23.0 Å². The third-order valence-electron chi connectivity index (χ3n) is 12.1. The van der Waals surface area contributed by atoms with Gasteiger partial charge < -0.3 is 9.84 Å². The number of imide groups is 2. The number of ether oxygens (including phenoxy) is 1. The van der Waals surface area contributed by atoms with Gasteiger partial charge in [0, 0.05) is 34.3 Å². The van der Waals surface area contributed by atoms with Crippen molar-refractivity contribution in [2.45, 2.75) is 32.6 Å². The second-order valence-corrected chi connectivity index (χ2v) is 16.1. The summed E-state index contributed by atoms with van der Waals surface area (Å²) in [6.45, 7) is 3.79. The number of methoxy groups -OCH3 is 1. The number of aryl methyl sites for hydroxylation is 2. The lowest BCUT2D eigenvalue weighted by atomic mass is 9.51. The Morgan fingerprint density at radius 3 is 2.47 bits per heavy atom. The molecule has 2 aromatic heterocycles. The zero-order chi connectivity index (χ0) is 37.1. The molecule has 53 heavy (non-hydrogen) atoms. The number of phenols is 1. The van der Waals surface area contributed by atoms with Gasteiger partial charge in [-0.2, -0.15) is 5.10 Å². The molecule has 0 radical (unpaired) electrons. The van der Waals surface area contributed by atoms with Crippen molar-refractivity contribution in [2.24, 2.45) is 36.1 Å². The van der Waals surface area contributed by atoms with E-state index >= 15 is 4.79 Å². The summed E-state index contributed by atoms with van der Waals surface area (Å²) < 4.78 is 8.39. The number of hydrogen-bond acceptors (Lipinski definition) is 8. The highest BCUT2D eigenvalue weighted by atomic mass is 35.5. The highest BCUT2D eigenvalue weighted by molar-refractivity contribution is 7.22. The highest BCUT2D eigenvalue weighted by Crippen LogP contribution is 2.65. The molecule has 1 N–H and O–H groups in total. The first-order chi connectivity index (χ1) is 25.4. The van der Waals surface area contributed by atoms with E-state index in [2.05, 4.69) is 0 Å². The zero-order valence-corrected chi connectivity index (χ0v) is 30.9. The van der Waals surface area contributed by atoms with Crippen LogP contribution in [0.3, 0.4) is 0 Å². The van der Waals surface area contributed by atoms with E-state index in [-0.39, 0.29) is 30.4 Å². The van der Waals surface area contributed by atoms with E-state index in [9.17, 15) is 19.5 Å². The predicted octanol–water partition coefficient (Wildman–Crippen LogP) is 7.41. The summed E-state index contributed by atoms with van der Waals surface area (Å²) >= 11 is 7.87. The van der Waals surface area contributed by atoms with Crippen molar-refractivity contribution in [3.8, 4) is 22.1 Å². The van der Waals surface area contributed by atoms with Gasteiger partial charge in [0.25, 0.3) is 0 Å². The molecule has 4 amide bonds. The van der Waals surface area contributed by atoms with Crippen molar-refractivity contribution in [1.29, 1.82) is 0 Å². The number of carbonyl (C=O) groups excluding carboxylic acids is 4. The summed E-state index contributed by atoms with van der Waals surface area (Å²) in [7, 11) is 3.20. The van der Waals surface area contributed by atoms with Gasteiger partial charge in [-0.1, -0.05) is 47.5 Å². The largest absolute Gasteiger partial charge is 0.508 e. The predicted molar refractivity (Wildman–Crippen MR) is 202 cm³/mol. The number of allylic oxidation sites excluding steroid dienone is 2. The van der Waals surface area contributed by atoms with Gasteiger partial charge in [-0.25, -0.2) is 4.90 Å². The molecule has 0 spiro atoms. The molecular formula is C41H35ClN4O6S. The van der Waals surface area contributed by atoms with Crippen molar-refractivity contribution >= 4 is 68.2 Å². The van der Waals surface area contributed by atoms with E-state index in [0.717, 1.165) is 26.1 Å². The lowest BCUT2D eigenvalue weighted by molar-refractivity contribution is -0.131. The van der Waals surface area contributed by atoms with Crippen LogP contribution in [-0.4, -0.2) is 45.6 Å². The fourth-order valence-electron chi connectivity index (χ4n) is 9.59. The molecule has 3 aromatic carbocycles. The quantitative estimate of drug-likeness (QED) is 0.147. The number of amides is 4. The monoisotopic (exact) mass is 746 g/mol. The normalized spacial score (nSPS) is 26.6. The van der Waals surface area contributed by atoms with E-state index in [0.29, 0.717) is 33.5 Å². The number of anilines is 2. The molecule has 6 unspecified atom stereocenters. The topological polar surface area (TPSA) is 122 Å². The van der Waals surface area contributed by atoms with Crippen LogP contribution in [0.15, 0.2) is 84.4 Å². The first-order valence-electron chi connectivity index (χ1n) is 17.6. The van der Waals surface area contributed by atoms with E-state index in [1.165, 1.54) is 16.9 Å². The number of nitrogens with zero attached hydrogens (tertiary/aromatic N) is 4. The van der Waals surface area contributed by atoms with Crippen LogP contribution in [0.25, 0.3) is 20.7 Å². The lowest BCUT2D eigenvalue weighted by Crippen LogP contribution is -2.49. The van der Waals surface area contributed by atoms with Crippen LogP contribution in [0.5, 0.6) is 11.5 Å². The third kappa shape index (κ3) is 4.59. The van der Waals surface area contributed by atoms with E-state index in [4.69, 9.17) is 21.4 Å². The number of aromatic nitrogens is 2. The zero-order valence-electron chi connectivity index (χ0n) is 29.4. The average molecular weight is 747 g/mol. The Morgan fingerprint density at radius 1 is 0.943 bits per heavy atom. The van der Waals surface area contributed by atoms with Crippen LogP contribution in [0.4, 0.5) is 11.5 Å². The van der Waals surface area contributed by atoms with Gasteiger partial charge in [-0.3, -0.25) is 28.8 Å². The maximum Gasteiger partial charge on any atom is 0.242 e. The standard InChI is InChI=1S/C41H35ClN4O6S/c1-20-25-17-21(42)13-16-31(25)53-36(20)28-19-32(44(3)43-28)46-38(49)27-18-26-23(35(41(27,2)40(46)51)34-29(47)11-8-12-30(34)52-4)14-15-24-33(26)39(50)45(37(24)48)22-9-6-5-7-10-22/h5-14,16-17,19,24,26-27,33,35,47H,15,18H2,1-4H3. The molecule has 5 aromatic rings. The van der Waals surface area contributed by atoms with Crippen LogP contribution >= 0.6 is 22.9 Å². The third-order valence-corrected chi connectivity index (χ3v) is 13.6. The number of aromatic hydroxyl groups is 1. The summed E-state index contributed by atoms with van der Waals surface area (Å²) in [5.74, 6) is -4.46. The number of phenolic OH excluding ortho intramolecular Hbond substituents is 1. The number of rotatable bonds is 5. The van der Waals surface area contributed by atoms with Gasteiger partial charge in [0.05, 0.1) is 40.8 Å². The number of benzene rings is 3. The molecule has 268 valence electrons. The minimum Gasteiger partial charge on any atom is -0.508 e. The van der Waals surface area contributed by atoms with Gasteiger partial charge in [-0.05, 0) is 86.0 Å². The van der Waals surface area contributed by atoms with E-state index in [1.807, 2.05) is 37.3 Å². The molecule has 10 nitrogen and oxygen atoms in total. The van der Waals surface area contributed by atoms with Crippen LogP contribution in [0.1, 0.15) is 36.8 Å². The number of fused-ring (bicyclic) bond motifs is 5. The minimum absolute atomic E-state index is 0.0837. The smallest absolute Gasteiger partial charge is 0.242 e. The summed E-state index contributed by atoms with van der Waals surface area (Å²) in [5.41, 5.74) is 1.87. The molecule has 6 atom stereocenters. The Kier molecular flexibility index (Phi) is 7.52. The molecule has 9 rings (SSSR count). The minimum atomic E-state index is -1.38. The average Bonchev–Trinajstić information content (AvgIpc) is 3.82. The first-order valence-corrected chi connectivity index (χ1v) is 18.7. The van der Waals surface area contributed by atoms with Gasteiger partial charge >= 0.3 is 0 Å². The fourth-order valence-corrected chi connectivity index (χ4v) is 10.9. The number of halogens is 1. The van der Waals surface area contributed by atoms with Crippen molar-refractivity contribution in [3.63, 3.8) is 0 Å². The molecule has 4 aliphatic rings. The Labute approximate surface area is 314 Å². The molecule has 2 saturated heterocycles. The maximum atomic E-state index is 15.1. The van der Waals surface area contributed by atoms with Crippen molar-refractivity contribution in [1.82, 2.24) is 9.78 Å². The second kappa shape index (κ2) is 11.9. The lowest BCUT2D eigenvalue weighted by Gasteiger charge is -2.49. The van der Waals surface area contributed by atoms with Crippen molar-refractivity contribution < 1.29 is 29.0 Å². The molecule has 2 aliphatic carbocycles. The Bertz CT molecular complexity index is 2450. The van der Waals surface area contributed by atoms with Crippen molar-refractivity contribution in [3.05, 3.63) is 101 Å². The number of hydrogen-bond donors (Lipinski definition) is 1. The fraction of sp³-hybridized carbons (Fsp3) is 0.293. The van der Waals surface area contributed by atoms with Gasteiger partial charge in [0.15, 0.2) is 0 Å². The van der Waals surface area contributed by atoms with Crippen LogP contribution in [-0.2, 0) is 26.2 Å². The van der Waals surface area contributed by atoms with E-state index in [1.54, 1.807) is 78.5 Å². The molecular weight excluding hydrogens is 712 g/mol. The maximum absolute atomic E-state index is 15.1. The molecule has 4 heterocycles. The summed E-state index contributed by atoms with van der Waals surface area (Å²) in [5, 5.41) is 17.9. The Hall–Kier alpha value is -5.26. The van der Waals surface area contributed by atoms with E-state index < -0.39 is 46.8 Å². The van der Waals surface area contributed by atoms with Crippen LogP contribution in [0, 0.1) is 36.0 Å². The molecule has 1 saturated carbocycles. The molecule has 3 fully saturated rings. The van der Waals surface area contributed by atoms with Gasteiger partial charge in [0.2, 0.25) is 23.6 Å². The molecule has 2 aliphatic heterocycles. The summed E-state index contributed by atoms with van der Waals surface area (Å²) in [6.07, 6.45) is 2.43. The van der Waals surface area contributed by atoms with Gasteiger partial charge in [-0.15, -0.1) is 11.3 Å². The van der Waals surface area contributed by atoms with Crippen LogP contribution in [0.2, 0.25) is 5.02 Å². The van der Waals surface area contributed by atoms with Crippen LogP contribution < -0.4 is 14.5 Å². The molecule has 0 bridgehead atoms. The summed E-state index contributed by atoms with van der Waals surface area (Å²) in [4.78, 5) is 61.7. The number of carbonyl (C=O) groups is 4. The number of thiophene rings is 1. The molecule has 12 heteroatoms. The van der Waals surface area contributed by atoms with Crippen molar-refractivity contribution in [2.75, 3.05) is 16.9 Å². The first kappa shape index (κ1) is 33.6. The second-order valence-electron chi connectivity index (χ2n) is 14.6. The Balaban J connectivity index is 1.18.